The van der Waals surface area contributed by atoms with E-state index in [0.29, 0.717) is 16.5 Å². The van der Waals surface area contributed by atoms with Gasteiger partial charge in [-0.15, -0.1) is 0 Å². The Labute approximate surface area is 162 Å². The number of ether oxygens (including phenoxy) is 1. The second kappa shape index (κ2) is 8.16. The Morgan fingerprint density at radius 2 is 1.77 bits per heavy atom. The highest BCUT2D eigenvalue weighted by Crippen LogP contribution is 2.32. The van der Waals surface area contributed by atoms with Crippen LogP contribution in [0.3, 0.4) is 0 Å². The Bertz CT molecular complexity index is 901. The van der Waals surface area contributed by atoms with Crippen molar-refractivity contribution < 1.29 is 17.9 Å². The van der Waals surface area contributed by atoms with E-state index in [1.807, 2.05) is 0 Å². The predicted molar refractivity (Wildman–Crippen MR) is 105 cm³/mol. The fraction of sp³-hybridized carbons (Fsp3) is 0.235. The van der Waals surface area contributed by atoms with Crippen LogP contribution in [0.25, 0.3) is 0 Å². The van der Waals surface area contributed by atoms with Crippen LogP contribution in [-0.4, -0.2) is 33.7 Å². The van der Waals surface area contributed by atoms with Crippen molar-refractivity contribution in [3.8, 4) is 5.75 Å². The number of sulfonamides is 1. The number of halogens is 2. The van der Waals surface area contributed by atoms with Crippen LogP contribution in [0, 0.1) is 0 Å². The summed E-state index contributed by atoms with van der Waals surface area (Å²) >= 11 is 12.1. The highest BCUT2D eigenvalue weighted by molar-refractivity contribution is 7.92. The lowest BCUT2D eigenvalue weighted by Crippen LogP contribution is -2.45. The Morgan fingerprint density at radius 1 is 1.15 bits per heavy atom. The van der Waals surface area contributed by atoms with E-state index >= 15 is 0 Å². The first-order chi connectivity index (χ1) is 12.1. The molecule has 1 amide bonds. The maximum absolute atomic E-state index is 12.6. The summed E-state index contributed by atoms with van der Waals surface area (Å²) in [6.07, 6.45) is 1.00. The summed E-state index contributed by atoms with van der Waals surface area (Å²) in [7, 11) is -2.26. The topological polar surface area (TPSA) is 75.7 Å². The van der Waals surface area contributed by atoms with Gasteiger partial charge in [-0.25, -0.2) is 8.42 Å². The molecule has 6 nitrogen and oxygen atoms in total. The summed E-state index contributed by atoms with van der Waals surface area (Å²) in [6, 6.07) is 10.0. The minimum Gasteiger partial charge on any atom is -0.497 e. The molecule has 0 fully saturated rings. The van der Waals surface area contributed by atoms with Gasteiger partial charge in [-0.2, -0.15) is 0 Å². The number of carbonyl (C=O) groups is 1. The van der Waals surface area contributed by atoms with Gasteiger partial charge >= 0.3 is 0 Å². The molecule has 0 aliphatic heterocycles. The summed E-state index contributed by atoms with van der Waals surface area (Å²) in [5.41, 5.74) is 0.646. The van der Waals surface area contributed by atoms with Crippen molar-refractivity contribution in [2.45, 2.75) is 13.0 Å². The van der Waals surface area contributed by atoms with Crippen LogP contribution in [-0.2, 0) is 14.8 Å². The SMILES string of the molecule is COc1ccc(NC(=O)[C@H](C)N(c2cc(Cl)ccc2Cl)S(C)(=O)=O)cc1. The molecule has 26 heavy (non-hydrogen) atoms. The van der Waals surface area contributed by atoms with Gasteiger partial charge in [-0.1, -0.05) is 23.2 Å². The summed E-state index contributed by atoms with van der Waals surface area (Å²) in [5, 5.41) is 3.15. The summed E-state index contributed by atoms with van der Waals surface area (Å²) in [5.74, 6) is 0.121. The molecular formula is C17H18Cl2N2O4S. The minimum atomic E-state index is -3.80. The average molecular weight is 417 g/mol. The first kappa shape index (κ1) is 20.4. The van der Waals surface area contributed by atoms with E-state index in [0.717, 1.165) is 10.6 Å². The molecule has 2 rings (SSSR count). The molecular weight excluding hydrogens is 399 g/mol. The Kier molecular flexibility index (Phi) is 6.39. The van der Waals surface area contributed by atoms with E-state index < -0.39 is 22.0 Å². The molecule has 2 aromatic carbocycles. The standard InChI is InChI=1S/C17H18Cl2N2O4S/c1-11(17(22)20-13-5-7-14(25-2)8-6-13)21(26(3,23)24)16-10-12(18)4-9-15(16)19/h4-11H,1-3H3,(H,20,22)/t11-/m0/s1. The lowest BCUT2D eigenvalue weighted by molar-refractivity contribution is -0.116. The molecule has 0 saturated carbocycles. The fourth-order valence-corrected chi connectivity index (χ4v) is 3.96. The Balaban J connectivity index is 2.32. The van der Waals surface area contributed by atoms with Crippen molar-refractivity contribution in [1.82, 2.24) is 0 Å². The van der Waals surface area contributed by atoms with Crippen LogP contribution >= 0.6 is 23.2 Å². The van der Waals surface area contributed by atoms with Crippen molar-refractivity contribution in [1.29, 1.82) is 0 Å². The zero-order chi connectivity index (χ0) is 19.5. The van der Waals surface area contributed by atoms with Gasteiger partial charge in [0.15, 0.2) is 0 Å². The van der Waals surface area contributed by atoms with Crippen molar-refractivity contribution in [2.24, 2.45) is 0 Å². The van der Waals surface area contributed by atoms with Crippen LogP contribution < -0.4 is 14.4 Å². The zero-order valence-corrected chi connectivity index (χ0v) is 16.7. The third kappa shape index (κ3) is 4.81. The number of methoxy groups -OCH3 is 1. The molecule has 140 valence electrons. The number of nitrogens with zero attached hydrogens (tertiary/aromatic N) is 1. The first-order valence-corrected chi connectivity index (χ1v) is 10.1. The minimum absolute atomic E-state index is 0.138. The second-order valence-corrected chi connectivity index (χ2v) is 8.25. The third-order valence-electron chi connectivity index (χ3n) is 3.59. The van der Waals surface area contributed by atoms with Gasteiger partial charge in [0.2, 0.25) is 15.9 Å². The van der Waals surface area contributed by atoms with Gasteiger partial charge in [0.05, 0.1) is 24.1 Å². The third-order valence-corrected chi connectivity index (χ3v) is 5.37. The number of amides is 1. The largest absolute Gasteiger partial charge is 0.497 e. The van der Waals surface area contributed by atoms with Crippen molar-refractivity contribution >= 4 is 50.5 Å². The van der Waals surface area contributed by atoms with E-state index in [1.165, 1.54) is 32.2 Å². The van der Waals surface area contributed by atoms with E-state index in [2.05, 4.69) is 5.32 Å². The molecule has 1 atom stereocenters. The molecule has 9 heteroatoms. The van der Waals surface area contributed by atoms with Crippen LogP contribution in [0.2, 0.25) is 10.0 Å². The molecule has 0 saturated heterocycles. The number of carbonyl (C=O) groups excluding carboxylic acids is 1. The van der Waals surface area contributed by atoms with E-state index in [9.17, 15) is 13.2 Å². The zero-order valence-electron chi connectivity index (χ0n) is 14.4. The summed E-state index contributed by atoms with van der Waals surface area (Å²) in [6.45, 7) is 1.47. The lowest BCUT2D eigenvalue weighted by Gasteiger charge is -2.29. The molecule has 0 aliphatic carbocycles. The van der Waals surface area contributed by atoms with Gasteiger partial charge in [-0.05, 0) is 49.4 Å². The summed E-state index contributed by atoms with van der Waals surface area (Å²) < 4.78 is 30.6. The maximum Gasteiger partial charge on any atom is 0.247 e. The van der Waals surface area contributed by atoms with Crippen molar-refractivity contribution in [3.05, 3.63) is 52.5 Å². The number of rotatable bonds is 6. The predicted octanol–water partition coefficient (Wildman–Crippen LogP) is 3.80. The average Bonchev–Trinajstić information content (AvgIpc) is 2.57. The number of nitrogens with one attached hydrogen (secondary N) is 1. The number of hydrogen-bond acceptors (Lipinski definition) is 4. The molecule has 2 aromatic rings. The smallest absolute Gasteiger partial charge is 0.247 e. The molecule has 0 bridgehead atoms. The van der Waals surface area contributed by atoms with Gasteiger partial charge < -0.3 is 10.1 Å². The molecule has 0 aromatic heterocycles. The van der Waals surface area contributed by atoms with Gasteiger partial charge in [0, 0.05) is 10.7 Å². The van der Waals surface area contributed by atoms with Gasteiger partial charge in [0.25, 0.3) is 0 Å². The summed E-state index contributed by atoms with van der Waals surface area (Å²) in [4.78, 5) is 12.6. The Hall–Kier alpha value is -1.96. The van der Waals surface area contributed by atoms with Gasteiger partial charge in [-0.3, -0.25) is 9.10 Å². The molecule has 0 aliphatic rings. The van der Waals surface area contributed by atoms with Crippen LogP contribution in [0.4, 0.5) is 11.4 Å². The monoisotopic (exact) mass is 416 g/mol. The number of hydrogen-bond donors (Lipinski definition) is 1. The first-order valence-electron chi connectivity index (χ1n) is 7.53. The van der Waals surface area contributed by atoms with Crippen molar-refractivity contribution in [3.63, 3.8) is 0 Å². The lowest BCUT2D eigenvalue weighted by atomic mass is 10.2. The fourth-order valence-electron chi connectivity index (χ4n) is 2.36. The highest BCUT2D eigenvalue weighted by atomic mass is 35.5. The molecule has 1 N–H and O–H groups in total. The van der Waals surface area contributed by atoms with E-state index in [-0.39, 0.29) is 10.7 Å². The van der Waals surface area contributed by atoms with E-state index in [4.69, 9.17) is 27.9 Å². The van der Waals surface area contributed by atoms with Gasteiger partial charge in [0.1, 0.15) is 11.8 Å². The quantitative estimate of drug-likeness (QED) is 0.776. The Morgan fingerprint density at radius 3 is 2.31 bits per heavy atom. The normalized spacial score (nSPS) is 12.3. The maximum atomic E-state index is 12.6. The second-order valence-electron chi connectivity index (χ2n) is 5.55. The van der Waals surface area contributed by atoms with E-state index in [1.54, 1.807) is 24.3 Å². The highest BCUT2D eigenvalue weighted by Gasteiger charge is 2.30. The number of benzene rings is 2. The van der Waals surface area contributed by atoms with Crippen LogP contribution in [0.15, 0.2) is 42.5 Å². The molecule has 0 unspecified atom stereocenters. The molecule has 0 heterocycles. The number of anilines is 2. The van der Waals surface area contributed by atoms with Crippen LogP contribution in [0.1, 0.15) is 6.92 Å². The van der Waals surface area contributed by atoms with Crippen molar-refractivity contribution in [2.75, 3.05) is 23.0 Å². The molecule has 0 radical (unpaired) electrons. The molecule has 0 spiro atoms. The van der Waals surface area contributed by atoms with Crippen LogP contribution in [0.5, 0.6) is 5.75 Å².